The molecule has 1 rings (SSSR count). The number of halogens is 3. The van der Waals surface area contributed by atoms with Gasteiger partial charge in [-0.15, -0.1) is 0 Å². The summed E-state index contributed by atoms with van der Waals surface area (Å²) >= 11 is 0. The second-order valence-corrected chi connectivity index (χ2v) is 6.87. The van der Waals surface area contributed by atoms with Crippen LogP contribution in [0.4, 0.5) is 13.2 Å². The van der Waals surface area contributed by atoms with E-state index in [0.717, 1.165) is 19.3 Å². The molecule has 0 radical (unpaired) electrons. The van der Waals surface area contributed by atoms with Crippen LogP contribution in [0.1, 0.15) is 53.4 Å². The van der Waals surface area contributed by atoms with E-state index in [-0.39, 0.29) is 24.7 Å². The van der Waals surface area contributed by atoms with E-state index in [9.17, 15) is 18.3 Å². The minimum Gasteiger partial charge on any atom is -0.394 e. The first-order valence-electron chi connectivity index (χ1n) is 7.79. The van der Waals surface area contributed by atoms with Crippen LogP contribution in [-0.4, -0.2) is 53.0 Å². The smallest absolute Gasteiger partial charge is 0.394 e. The first kappa shape index (κ1) is 18.7. The SMILES string of the molecule is CC(C)NC1(CO)CCCC(N(CC(F)(F)F)C(C)C)C1. The summed E-state index contributed by atoms with van der Waals surface area (Å²) in [6.45, 7) is 6.69. The zero-order valence-corrected chi connectivity index (χ0v) is 13.5. The third kappa shape index (κ3) is 5.75. The first-order valence-corrected chi connectivity index (χ1v) is 7.79. The Morgan fingerprint density at radius 3 is 2.33 bits per heavy atom. The molecule has 1 fully saturated rings. The van der Waals surface area contributed by atoms with Crippen LogP contribution in [0.5, 0.6) is 0 Å². The number of hydrogen-bond acceptors (Lipinski definition) is 3. The lowest BCUT2D eigenvalue weighted by atomic mass is 9.78. The molecule has 6 heteroatoms. The van der Waals surface area contributed by atoms with Crippen molar-refractivity contribution in [2.45, 2.75) is 83.2 Å². The highest BCUT2D eigenvalue weighted by molar-refractivity contribution is 4.98. The summed E-state index contributed by atoms with van der Waals surface area (Å²) in [6.07, 6.45) is -1.21. The molecule has 0 spiro atoms. The molecule has 21 heavy (non-hydrogen) atoms. The van der Waals surface area contributed by atoms with Crippen LogP contribution in [0, 0.1) is 0 Å². The Balaban J connectivity index is 2.84. The van der Waals surface area contributed by atoms with Gasteiger partial charge in [0.1, 0.15) is 0 Å². The average molecular weight is 310 g/mol. The minimum absolute atomic E-state index is 0.0281. The van der Waals surface area contributed by atoms with Crippen molar-refractivity contribution in [2.75, 3.05) is 13.2 Å². The Morgan fingerprint density at radius 1 is 1.29 bits per heavy atom. The minimum atomic E-state index is -4.19. The fourth-order valence-electron chi connectivity index (χ4n) is 3.49. The lowest BCUT2D eigenvalue weighted by Crippen LogP contribution is -2.59. The predicted octanol–water partition coefficient (Wildman–Crippen LogP) is 2.93. The summed E-state index contributed by atoms with van der Waals surface area (Å²) in [5.74, 6) is 0. The highest BCUT2D eigenvalue weighted by Crippen LogP contribution is 2.34. The van der Waals surface area contributed by atoms with Crippen LogP contribution < -0.4 is 5.32 Å². The van der Waals surface area contributed by atoms with Crippen molar-refractivity contribution >= 4 is 0 Å². The van der Waals surface area contributed by atoms with Crippen molar-refractivity contribution in [3.05, 3.63) is 0 Å². The third-order valence-electron chi connectivity index (χ3n) is 4.21. The summed E-state index contributed by atoms with van der Waals surface area (Å²) in [5.41, 5.74) is -0.449. The number of nitrogens with one attached hydrogen (secondary N) is 1. The molecule has 3 nitrogen and oxygen atoms in total. The molecule has 1 saturated carbocycles. The quantitative estimate of drug-likeness (QED) is 0.792. The largest absolute Gasteiger partial charge is 0.401 e. The van der Waals surface area contributed by atoms with Gasteiger partial charge < -0.3 is 10.4 Å². The van der Waals surface area contributed by atoms with Gasteiger partial charge in [-0.25, -0.2) is 0 Å². The van der Waals surface area contributed by atoms with E-state index in [1.165, 1.54) is 4.90 Å². The molecule has 2 N–H and O–H groups in total. The lowest BCUT2D eigenvalue weighted by molar-refractivity contribution is -0.158. The lowest BCUT2D eigenvalue weighted by Gasteiger charge is -2.46. The number of rotatable bonds is 6. The topological polar surface area (TPSA) is 35.5 Å². The Labute approximate surface area is 125 Å². The number of hydrogen-bond donors (Lipinski definition) is 2. The van der Waals surface area contributed by atoms with Crippen molar-refractivity contribution in [1.29, 1.82) is 0 Å². The third-order valence-corrected chi connectivity index (χ3v) is 4.21. The van der Waals surface area contributed by atoms with E-state index >= 15 is 0 Å². The molecule has 2 unspecified atom stereocenters. The molecule has 0 amide bonds. The number of nitrogens with zero attached hydrogens (tertiary/aromatic N) is 1. The summed E-state index contributed by atoms with van der Waals surface area (Å²) in [6, 6.07) is -0.102. The molecule has 0 saturated heterocycles. The first-order chi connectivity index (χ1) is 9.58. The van der Waals surface area contributed by atoms with E-state index in [2.05, 4.69) is 5.32 Å². The second kappa shape index (κ2) is 7.29. The molecule has 2 atom stereocenters. The zero-order chi connectivity index (χ0) is 16.3. The Hall–Kier alpha value is -0.330. The Morgan fingerprint density at radius 2 is 1.90 bits per heavy atom. The van der Waals surface area contributed by atoms with Gasteiger partial charge in [-0.05, 0) is 39.5 Å². The van der Waals surface area contributed by atoms with Gasteiger partial charge in [0.25, 0.3) is 0 Å². The molecule has 0 bridgehead atoms. The number of aliphatic hydroxyl groups excluding tert-OH is 1. The highest BCUT2D eigenvalue weighted by Gasteiger charge is 2.41. The molecule has 1 aliphatic rings. The maximum atomic E-state index is 12.8. The van der Waals surface area contributed by atoms with Crippen molar-refractivity contribution in [1.82, 2.24) is 10.2 Å². The van der Waals surface area contributed by atoms with E-state index in [0.29, 0.717) is 6.42 Å². The summed E-state index contributed by atoms with van der Waals surface area (Å²) in [5, 5.41) is 13.1. The van der Waals surface area contributed by atoms with Gasteiger partial charge in [-0.1, -0.05) is 13.8 Å². The molecular formula is C15H29F3N2O. The van der Waals surface area contributed by atoms with E-state index in [1.54, 1.807) is 13.8 Å². The van der Waals surface area contributed by atoms with Gasteiger partial charge in [-0.2, -0.15) is 13.2 Å². The maximum Gasteiger partial charge on any atom is 0.401 e. The highest BCUT2D eigenvalue weighted by atomic mass is 19.4. The van der Waals surface area contributed by atoms with Crippen molar-refractivity contribution in [3.8, 4) is 0 Å². The van der Waals surface area contributed by atoms with Crippen LogP contribution in [0.15, 0.2) is 0 Å². The van der Waals surface area contributed by atoms with Gasteiger partial charge in [0, 0.05) is 23.7 Å². The zero-order valence-electron chi connectivity index (χ0n) is 13.5. The Kier molecular flexibility index (Phi) is 6.50. The molecule has 0 aromatic heterocycles. The standard InChI is InChI=1S/C15H29F3N2O/c1-11(2)19-14(10-21)7-5-6-13(8-14)20(12(3)4)9-15(16,17)18/h11-13,19,21H,5-10H2,1-4H3. The van der Waals surface area contributed by atoms with E-state index in [4.69, 9.17) is 0 Å². The normalized spacial score (nSPS) is 27.9. The van der Waals surface area contributed by atoms with Gasteiger partial charge in [0.2, 0.25) is 0 Å². The van der Waals surface area contributed by atoms with Gasteiger partial charge in [0.15, 0.2) is 0 Å². The second-order valence-electron chi connectivity index (χ2n) is 6.87. The molecule has 0 aliphatic heterocycles. The molecule has 0 aromatic carbocycles. The van der Waals surface area contributed by atoms with Crippen LogP contribution >= 0.6 is 0 Å². The summed E-state index contributed by atoms with van der Waals surface area (Å²) in [4.78, 5) is 1.53. The van der Waals surface area contributed by atoms with Crippen LogP contribution in [-0.2, 0) is 0 Å². The number of alkyl halides is 3. The monoisotopic (exact) mass is 310 g/mol. The predicted molar refractivity (Wildman–Crippen MR) is 78.2 cm³/mol. The molecule has 1 aliphatic carbocycles. The van der Waals surface area contributed by atoms with Crippen molar-refractivity contribution in [2.24, 2.45) is 0 Å². The van der Waals surface area contributed by atoms with E-state index in [1.807, 2.05) is 13.8 Å². The van der Waals surface area contributed by atoms with Gasteiger partial charge in [0.05, 0.1) is 13.2 Å². The molecule has 0 heterocycles. The molecule has 126 valence electrons. The van der Waals surface area contributed by atoms with Gasteiger partial charge in [-0.3, -0.25) is 4.90 Å². The van der Waals surface area contributed by atoms with Crippen LogP contribution in [0.3, 0.4) is 0 Å². The van der Waals surface area contributed by atoms with Crippen LogP contribution in [0.2, 0.25) is 0 Å². The maximum absolute atomic E-state index is 12.8. The number of aliphatic hydroxyl groups is 1. The fourth-order valence-corrected chi connectivity index (χ4v) is 3.49. The fraction of sp³-hybridized carbons (Fsp3) is 1.00. The van der Waals surface area contributed by atoms with Crippen LogP contribution in [0.25, 0.3) is 0 Å². The average Bonchev–Trinajstić information content (AvgIpc) is 2.34. The molecule has 0 aromatic rings. The summed E-state index contributed by atoms with van der Waals surface area (Å²) < 4.78 is 38.4. The molecular weight excluding hydrogens is 281 g/mol. The Bertz CT molecular complexity index is 321. The van der Waals surface area contributed by atoms with E-state index < -0.39 is 18.3 Å². The van der Waals surface area contributed by atoms with Crippen molar-refractivity contribution in [3.63, 3.8) is 0 Å². The van der Waals surface area contributed by atoms with Gasteiger partial charge >= 0.3 is 6.18 Å². The summed E-state index contributed by atoms with van der Waals surface area (Å²) in [7, 11) is 0. The van der Waals surface area contributed by atoms with Crippen molar-refractivity contribution < 1.29 is 18.3 Å².